The van der Waals surface area contributed by atoms with E-state index in [0.29, 0.717) is 48.9 Å². The van der Waals surface area contributed by atoms with Crippen LogP contribution in [-0.2, 0) is 17.1 Å². The fourth-order valence-corrected chi connectivity index (χ4v) is 2.25. The van der Waals surface area contributed by atoms with E-state index in [4.69, 9.17) is 55.4 Å². The fraction of sp³-hybridized carbons (Fsp3) is 0.300. The number of hydrogen-bond donors (Lipinski definition) is 0. The van der Waals surface area contributed by atoms with Crippen molar-refractivity contribution in [3.05, 3.63) is 93.5 Å². The number of para-hydroxylation sites is 2. The molecule has 0 atom stereocenters. The summed E-state index contributed by atoms with van der Waals surface area (Å²) in [6, 6.07) is 10.2. The Hall–Kier alpha value is -3.63. The van der Waals surface area contributed by atoms with Crippen LogP contribution in [0.3, 0.4) is 0 Å². The summed E-state index contributed by atoms with van der Waals surface area (Å²) in [5, 5.41) is 68.4. The molecule has 0 amide bonds. The van der Waals surface area contributed by atoms with E-state index in [0.717, 1.165) is 0 Å². The molecule has 2 aromatic rings. The van der Waals surface area contributed by atoms with Gasteiger partial charge in [0.15, 0.2) is 0 Å². The van der Waals surface area contributed by atoms with Crippen LogP contribution >= 0.6 is 0 Å². The molecule has 2 aromatic carbocycles. The molecule has 226 valence electrons. The van der Waals surface area contributed by atoms with Gasteiger partial charge in [0.25, 0.3) is 0 Å². The standard InChI is InChI=1S/C20H24N2O4.Cu.Dy.3NO3/c1-3-25-17-9-5-7-15(19(17)23)13-21-11-12-22-14-16-8-6-10-18(20(16)24)26-4-2;;;3*2-1(3)4/h5-10,13-14,23-24H,3-4,11-12H2,1-2H3;;;;;/q;+2;+3;3*-1/p-2. The van der Waals surface area contributed by atoms with Crippen molar-refractivity contribution in [2.24, 2.45) is 9.98 Å². The molecular weight excluding hydrogens is 744 g/mol. The number of nitrogens with zero attached hydrogens (tertiary/aromatic N) is 5. The van der Waals surface area contributed by atoms with Gasteiger partial charge in [-0.3, -0.25) is 9.98 Å². The molecule has 0 aromatic heterocycles. The van der Waals surface area contributed by atoms with Crippen LogP contribution in [0.15, 0.2) is 46.4 Å². The molecule has 40 heavy (non-hydrogen) atoms. The number of aliphatic imine (C=N–C) groups is 2. The van der Waals surface area contributed by atoms with Gasteiger partial charge in [-0.1, -0.05) is 35.8 Å². The van der Waals surface area contributed by atoms with E-state index in [1.165, 1.54) is 12.4 Å². The topological polar surface area (TPSA) is 288 Å². The van der Waals surface area contributed by atoms with Gasteiger partial charge in [-0.2, -0.15) is 0 Å². The van der Waals surface area contributed by atoms with E-state index in [-0.39, 0.29) is 66.7 Å². The summed E-state index contributed by atoms with van der Waals surface area (Å²) < 4.78 is 10.5. The molecule has 0 saturated carbocycles. The minimum atomic E-state index is -1.75. The molecule has 0 aliphatic heterocycles. The molecule has 0 spiro atoms. The summed E-state index contributed by atoms with van der Waals surface area (Å²) in [5.74, 6) is 0.300. The predicted molar refractivity (Wildman–Crippen MR) is 130 cm³/mol. The molecule has 0 saturated heterocycles. The van der Waals surface area contributed by atoms with Crippen molar-refractivity contribution < 1.29 is 90.2 Å². The Morgan fingerprint density at radius 3 is 1.20 bits per heavy atom. The quantitative estimate of drug-likeness (QED) is 0.115. The Kier molecular flexibility index (Phi) is 29.3. The molecule has 0 aliphatic rings. The molecule has 0 aliphatic carbocycles. The SMILES string of the molecule is CCOc1cccc(C=NCCN=Cc2cccc(OCC)c2[O-])c1[O-].O=[N+]([O-])[O-].O=[N+]([O-])[O-].O=[N+]([O-])[O-].[Cu+2].[Dy+3]. The number of rotatable bonds is 9. The molecule has 0 heterocycles. The van der Waals surface area contributed by atoms with Gasteiger partial charge in [-0.15, -0.1) is 0 Å². The van der Waals surface area contributed by atoms with E-state index in [2.05, 4.69) is 9.98 Å². The van der Waals surface area contributed by atoms with E-state index in [9.17, 15) is 10.2 Å². The van der Waals surface area contributed by atoms with Crippen LogP contribution < -0.4 is 19.7 Å². The second kappa shape index (κ2) is 27.0. The smallest absolute Gasteiger partial charge is 0.870 e. The summed E-state index contributed by atoms with van der Waals surface area (Å²) >= 11 is 0. The molecule has 0 N–H and O–H groups in total. The van der Waals surface area contributed by atoms with Crippen molar-refractivity contribution >= 4 is 12.4 Å². The van der Waals surface area contributed by atoms with Crippen LogP contribution in [0.2, 0.25) is 0 Å². The molecule has 2 rings (SSSR count). The monoisotopic (exact) mass is 767 g/mol. The van der Waals surface area contributed by atoms with Gasteiger partial charge in [0.1, 0.15) is 11.5 Å². The Balaban J connectivity index is -0.000000392. The summed E-state index contributed by atoms with van der Waals surface area (Å²) in [5.41, 5.74) is 0.956. The Morgan fingerprint density at radius 1 is 0.675 bits per heavy atom. The third-order valence-electron chi connectivity index (χ3n) is 3.44. The van der Waals surface area contributed by atoms with E-state index < -0.39 is 15.3 Å². The molecule has 2 radical (unpaired) electrons. The minimum absolute atomic E-state index is 0. The number of hydrogen-bond acceptors (Lipinski definition) is 15. The van der Waals surface area contributed by atoms with Crippen LogP contribution in [-0.4, -0.2) is 54.0 Å². The van der Waals surface area contributed by atoms with Crippen molar-refractivity contribution in [1.29, 1.82) is 0 Å². The van der Waals surface area contributed by atoms with Crippen molar-refractivity contribution in [3.63, 3.8) is 0 Å². The first-order chi connectivity index (χ1) is 17.9. The van der Waals surface area contributed by atoms with Crippen molar-refractivity contribution in [2.75, 3.05) is 26.3 Å². The summed E-state index contributed by atoms with van der Waals surface area (Å²) in [4.78, 5) is 33.2. The molecule has 0 bridgehead atoms. The average Bonchev–Trinajstić information content (AvgIpc) is 2.80. The normalized spacial score (nSPS) is 9.15. The zero-order valence-electron chi connectivity index (χ0n) is 20.6. The first kappa shape index (κ1) is 43.4. The first-order valence-electron chi connectivity index (χ1n) is 10.2. The van der Waals surface area contributed by atoms with Crippen molar-refractivity contribution in [2.45, 2.75) is 13.8 Å². The third-order valence-corrected chi connectivity index (χ3v) is 3.44. The van der Waals surface area contributed by atoms with Crippen LogP contribution in [0.5, 0.6) is 23.0 Å². The minimum Gasteiger partial charge on any atom is -0.870 e. The van der Waals surface area contributed by atoms with Gasteiger partial charge in [-0.05, 0) is 37.1 Å². The molecular formula is C20H22CuDyN5O13. The van der Waals surface area contributed by atoms with Crippen LogP contribution in [0.4, 0.5) is 0 Å². The van der Waals surface area contributed by atoms with E-state index in [1.807, 2.05) is 13.8 Å². The maximum Gasteiger partial charge on any atom is 3.00 e. The maximum atomic E-state index is 12.1. The van der Waals surface area contributed by atoms with Crippen molar-refractivity contribution in [1.82, 2.24) is 0 Å². The summed E-state index contributed by atoms with van der Waals surface area (Å²) in [6.45, 7) is 5.36. The Bertz CT molecular complexity index is 971. The number of ether oxygens (including phenoxy) is 2. The summed E-state index contributed by atoms with van der Waals surface area (Å²) in [7, 11) is 0. The Morgan fingerprint density at radius 2 is 0.950 bits per heavy atom. The second-order valence-corrected chi connectivity index (χ2v) is 5.96. The number of benzene rings is 2. The summed E-state index contributed by atoms with van der Waals surface area (Å²) in [6.07, 6.45) is 3.05. The van der Waals surface area contributed by atoms with Crippen LogP contribution in [0.25, 0.3) is 0 Å². The van der Waals surface area contributed by atoms with Gasteiger partial charge >= 0.3 is 55.2 Å². The third kappa shape index (κ3) is 24.7. The Labute approximate surface area is 267 Å². The predicted octanol–water partition coefficient (Wildman–Crippen LogP) is 1.45. The van der Waals surface area contributed by atoms with Gasteiger partial charge in [0.2, 0.25) is 0 Å². The molecule has 0 unspecified atom stereocenters. The van der Waals surface area contributed by atoms with E-state index >= 15 is 0 Å². The van der Waals surface area contributed by atoms with E-state index in [1.54, 1.807) is 36.4 Å². The zero-order chi connectivity index (χ0) is 29.5. The van der Waals surface area contributed by atoms with Crippen LogP contribution in [0, 0.1) is 84.1 Å². The fourth-order valence-electron chi connectivity index (χ4n) is 2.25. The zero-order valence-corrected chi connectivity index (χ0v) is 23.6. The molecule has 0 fully saturated rings. The first-order valence-corrected chi connectivity index (χ1v) is 10.2. The molecule has 20 heteroatoms. The van der Waals surface area contributed by atoms with Gasteiger partial charge in [0.05, 0.1) is 41.6 Å². The second-order valence-electron chi connectivity index (χ2n) is 5.96. The average molecular weight is 766 g/mol. The van der Waals surface area contributed by atoms with Gasteiger partial charge in [-0.25, -0.2) is 0 Å². The van der Waals surface area contributed by atoms with Crippen molar-refractivity contribution in [3.8, 4) is 23.0 Å². The van der Waals surface area contributed by atoms with Crippen LogP contribution in [0.1, 0.15) is 25.0 Å². The van der Waals surface area contributed by atoms with Gasteiger partial charge in [0, 0.05) is 12.4 Å². The molecule has 18 nitrogen and oxygen atoms in total. The maximum absolute atomic E-state index is 12.1. The van der Waals surface area contributed by atoms with Gasteiger partial charge < -0.3 is 65.7 Å². The largest absolute Gasteiger partial charge is 3.00 e.